The Balaban J connectivity index is 2.11. The van der Waals surface area contributed by atoms with Gasteiger partial charge in [-0.25, -0.2) is 0 Å². The zero-order valence-corrected chi connectivity index (χ0v) is 13.6. The van der Waals surface area contributed by atoms with Gasteiger partial charge in [-0.15, -0.1) is 0 Å². The van der Waals surface area contributed by atoms with Crippen molar-refractivity contribution in [1.82, 2.24) is 4.90 Å². The summed E-state index contributed by atoms with van der Waals surface area (Å²) in [6.07, 6.45) is -2.84. The first-order valence-corrected chi connectivity index (χ1v) is 7.90. The van der Waals surface area contributed by atoms with Crippen molar-refractivity contribution in [3.8, 4) is 6.07 Å². The molecule has 25 heavy (non-hydrogen) atoms. The standard InChI is InChI=1S/C16H21N5O4/c17-7-4-8-21(9-12-5-2-1-3-6-12)11-16(24)15(23)14(22)13(10-25-16)19-20-18/h1-3,5-6,13-15,22-24H,4,8-11H2/t13-,14-,15+,16?/m1/s1. The van der Waals surface area contributed by atoms with Gasteiger partial charge in [0, 0.05) is 24.4 Å². The van der Waals surface area contributed by atoms with E-state index in [2.05, 4.69) is 10.0 Å². The second-order valence-corrected chi connectivity index (χ2v) is 5.97. The van der Waals surface area contributed by atoms with Crippen molar-refractivity contribution in [3.05, 3.63) is 46.3 Å². The molecule has 1 heterocycles. The number of azide groups is 1. The summed E-state index contributed by atoms with van der Waals surface area (Å²) in [7, 11) is 0. The number of ether oxygens (including phenoxy) is 1. The highest BCUT2D eigenvalue weighted by Gasteiger charge is 2.49. The molecule has 1 aromatic rings. The Morgan fingerprint density at radius 1 is 1.40 bits per heavy atom. The van der Waals surface area contributed by atoms with Gasteiger partial charge in [-0.1, -0.05) is 35.4 Å². The van der Waals surface area contributed by atoms with Crippen molar-refractivity contribution in [1.29, 1.82) is 5.26 Å². The van der Waals surface area contributed by atoms with Gasteiger partial charge in [0.25, 0.3) is 0 Å². The van der Waals surface area contributed by atoms with Crippen molar-refractivity contribution in [2.45, 2.75) is 37.0 Å². The molecule has 0 aliphatic carbocycles. The van der Waals surface area contributed by atoms with Crippen LogP contribution in [0.1, 0.15) is 12.0 Å². The van der Waals surface area contributed by atoms with Crippen LogP contribution in [0.25, 0.3) is 10.4 Å². The maximum absolute atomic E-state index is 10.7. The van der Waals surface area contributed by atoms with Crippen LogP contribution < -0.4 is 0 Å². The summed E-state index contributed by atoms with van der Waals surface area (Å²) in [5.74, 6) is -2.02. The fraction of sp³-hybridized carbons (Fsp3) is 0.562. The van der Waals surface area contributed by atoms with E-state index in [1.54, 1.807) is 4.90 Å². The van der Waals surface area contributed by atoms with Gasteiger partial charge in [0.1, 0.15) is 6.10 Å². The molecule has 0 amide bonds. The lowest BCUT2D eigenvalue weighted by Crippen LogP contribution is -2.64. The van der Waals surface area contributed by atoms with E-state index in [0.29, 0.717) is 13.1 Å². The first-order chi connectivity index (χ1) is 12.0. The highest BCUT2D eigenvalue weighted by molar-refractivity contribution is 5.14. The van der Waals surface area contributed by atoms with Crippen molar-refractivity contribution in [3.63, 3.8) is 0 Å². The Labute approximate surface area is 145 Å². The quantitative estimate of drug-likeness (QED) is 0.372. The molecule has 0 radical (unpaired) electrons. The number of hydrogen-bond donors (Lipinski definition) is 3. The molecule has 1 saturated heterocycles. The third-order valence-corrected chi connectivity index (χ3v) is 4.12. The number of rotatable bonds is 7. The Morgan fingerprint density at radius 3 is 2.76 bits per heavy atom. The molecule has 4 atom stereocenters. The highest BCUT2D eigenvalue weighted by atomic mass is 16.6. The minimum atomic E-state index is -2.02. The van der Waals surface area contributed by atoms with Crippen molar-refractivity contribution < 1.29 is 20.1 Å². The fourth-order valence-electron chi connectivity index (χ4n) is 2.78. The van der Waals surface area contributed by atoms with Gasteiger partial charge >= 0.3 is 0 Å². The summed E-state index contributed by atoms with van der Waals surface area (Å²) in [5, 5.41) is 43.1. The van der Waals surface area contributed by atoms with Crippen LogP contribution in [-0.4, -0.2) is 64.0 Å². The van der Waals surface area contributed by atoms with E-state index in [9.17, 15) is 15.3 Å². The summed E-state index contributed by atoms with van der Waals surface area (Å²) in [5.41, 5.74) is 9.44. The molecule has 1 aliphatic heterocycles. The van der Waals surface area contributed by atoms with Crippen LogP contribution in [0.3, 0.4) is 0 Å². The van der Waals surface area contributed by atoms with Gasteiger partial charge in [-0.05, 0) is 11.1 Å². The summed E-state index contributed by atoms with van der Waals surface area (Å²) >= 11 is 0. The molecule has 1 unspecified atom stereocenters. The summed E-state index contributed by atoms with van der Waals surface area (Å²) < 4.78 is 5.32. The molecule has 1 aliphatic rings. The van der Waals surface area contributed by atoms with Crippen LogP contribution >= 0.6 is 0 Å². The van der Waals surface area contributed by atoms with Gasteiger partial charge in [0.15, 0.2) is 0 Å². The Morgan fingerprint density at radius 2 is 2.12 bits per heavy atom. The molecule has 2 rings (SSSR count). The number of benzene rings is 1. The molecule has 134 valence electrons. The number of hydrogen-bond acceptors (Lipinski definition) is 7. The van der Waals surface area contributed by atoms with Crippen molar-refractivity contribution >= 4 is 0 Å². The van der Waals surface area contributed by atoms with Crippen LogP contribution in [0.4, 0.5) is 0 Å². The predicted octanol–water partition coefficient (Wildman–Crippen LogP) is 0.522. The van der Waals surface area contributed by atoms with E-state index in [4.69, 9.17) is 15.5 Å². The van der Waals surface area contributed by atoms with Gasteiger partial charge in [0.2, 0.25) is 5.79 Å². The van der Waals surface area contributed by atoms with Crippen LogP contribution in [0, 0.1) is 11.3 Å². The molecule has 1 aromatic carbocycles. The smallest absolute Gasteiger partial charge is 0.207 e. The number of nitrogens with zero attached hydrogens (tertiary/aromatic N) is 5. The normalized spacial score (nSPS) is 29.0. The van der Waals surface area contributed by atoms with E-state index in [1.165, 1.54) is 0 Å². The second-order valence-electron chi connectivity index (χ2n) is 5.97. The Kier molecular flexibility index (Phi) is 6.73. The van der Waals surface area contributed by atoms with E-state index in [0.717, 1.165) is 5.56 Å². The lowest BCUT2D eigenvalue weighted by atomic mass is 9.95. The average molecular weight is 347 g/mol. The van der Waals surface area contributed by atoms with Crippen molar-refractivity contribution in [2.24, 2.45) is 5.11 Å². The molecule has 9 heteroatoms. The van der Waals surface area contributed by atoms with E-state index < -0.39 is 24.0 Å². The molecular weight excluding hydrogens is 326 g/mol. The van der Waals surface area contributed by atoms with Gasteiger partial charge in [-0.3, -0.25) is 4.90 Å². The van der Waals surface area contributed by atoms with E-state index in [1.807, 2.05) is 36.4 Å². The van der Waals surface area contributed by atoms with Gasteiger partial charge in [-0.2, -0.15) is 5.26 Å². The minimum Gasteiger partial charge on any atom is -0.390 e. The Hall–Kier alpha value is -2.18. The molecular formula is C16H21N5O4. The minimum absolute atomic E-state index is 0.106. The lowest BCUT2D eigenvalue weighted by molar-refractivity contribution is -0.308. The fourth-order valence-corrected chi connectivity index (χ4v) is 2.78. The summed E-state index contributed by atoms with van der Waals surface area (Å²) in [4.78, 5) is 4.36. The molecule has 3 N–H and O–H groups in total. The first-order valence-electron chi connectivity index (χ1n) is 7.90. The van der Waals surface area contributed by atoms with Gasteiger partial charge < -0.3 is 20.1 Å². The van der Waals surface area contributed by atoms with Crippen LogP contribution in [0.5, 0.6) is 0 Å². The zero-order valence-electron chi connectivity index (χ0n) is 13.6. The van der Waals surface area contributed by atoms with Crippen LogP contribution in [0.15, 0.2) is 35.4 Å². The molecule has 0 aromatic heterocycles. The maximum atomic E-state index is 10.7. The van der Waals surface area contributed by atoms with E-state index >= 15 is 0 Å². The monoisotopic (exact) mass is 347 g/mol. The number of nitriles is 1. The molecule has 1 fully saturated rings. The molecule has 9 nitrogen and oxygen atoms in total. The third-order valence-electron chi connectivity index (χ3n) is 4.12. The van der Waals surface area contributed by atoms with Gasteiger partial charge in [0.05, 0.1) is 31.4 Å². The topological polar surface area (TPSA) is 146 Å². The highest BCUT2D eigenvalue weighted by Crippen LogP contribution is 2.27. The SMILES string of the molecule is N#CCCN(Cc1ccccc1)CC1(O)OC[C@@H](N=[N+]=[N-])[C@@H](O)[C@@H]1O. The lowest BCUT2D eigenvalue weighted by Gasteiger charge is -2.44. The Bertz CT molecular complexity index is 646. The zero-order chi connectivity index (χ0) is 18.3. The van der Waals surface area contributed by atoms with Crippen molar-refractivity contribution in [2.75, 3.05) is 19.7 Å². The maximum Gasteiger partial charge on any atom is 0.207 e. The predicted molar refractivity (Wildman–Crippen MR) is 87.8 cm³/mol. The van der Waals surface area contributed by atoms with Crippen LogP contribution in [0.2, 0.25) is 0 Å². The largest absolute Gasteiger partial charge is 0.390 e. The summed E-state index contributed by atoms with van der Waals surface area (Å²) in [6, 6.07) is 10.5. The molecule has 0 saturated carbocycles. The molecule has 0 bridgehead atoms. The summed E-state index contributed by atoms with van der Waals surface area (Å²) in [6.45, 7) is 0.484. The third kappa shape index (κ3) is 4.90. The van der Waals surface area contributed by atoms with Crippen LogP contribution in [-0.2, 0) is 11.3 Å². The van der Waals surface area contributed by atoms with E-state index in [-0.39, 0.29) is 19.6 Å². The molecule has 0 spiro atoms. The number of aliphatic hydroxyl groups excluding tert-OH is 2. The number of aliphatic hydroxyl groups is 3. The average Bonchev–Trinajstić information content (AvgIpc) is 2.61. The second kappa shape index (κ2) is 8.78. The first kappa shape index (κ1) is 19.1.